The Bertz CT molecular complexity index is 279. The van der Waals surface area contributed by atoms with E-state index >= 15 is 0 Å². The van der Waals surface area contributed by atoms with Crippen molar-refractivity contribution in [1.82, 2.24) is 5.32 Å². The van der Waals surface area contributed by atoms with E-state index in [0.717, 1.165) is 6.42 Å². The normalized spacial score (nSPS) is 18.9. The summed E-state index contributed by atoms with van der Waals surface area (Å²) in [5.41, 5.74) is 5.22. The van der Waals surface area contributed by atoms with Gasteiger partial charge in [-0.15, -0.1) is 0 Å². The van der Waals surface area contributed by atoms with Crippen LogP contribution in [0, 0.1) is 0 Å². The van der Waals surface area contributed by atoms with Gasteiger partial charge in [0.25, 0.3) is 0 Å². The molecule has 0 unspecified atom stereocenters. The Hall–Kier alpha value is -0.750. The largest absolute Gasteiger partial charge is 0.370 e. The highest BCUT2D eigenvalue weighted by atomic mass is 19.3. The molecule has 0 bridgehead atoms. The van der Waals surface area contributed by atoms with Crippen LogP contribution in [0.2, 0.25) is 0 Å². The Morgan fingerprint density at radius 3 is 2.53 bits per heavy atom. The van der Waals surface area contributed by atoms with Gasteiger partial charge in [0.2, 0.25) is 5.91 Å². The zero-order valence-electron chi connectivity index (χ0n) is 10.3. The number of nitrogens with one attached hydrogen (secondary N) is 1. The van der Waals surface area contributed by atoms with Crippen molar-refractivity contribution in [3.63, 3.8) is 0 Å². The molecule has 1 aliphatic rings. The highest BCUT2D eigenvalue weighted by Gasteiger charge is 2.38. The summed E-state index contributed by atoms with van der Waals surface area (Å²) in [6, 6.07) is -3.33. The topological polar surface area (TPSA) is 64.3 Å². The van der Waals surface area contributed by atoms with Crippen LogP contribution in [0.25, 0.3) is 0 Å². The smallest absolute Gasteiger partial charge is 0.348 e. The van der Waals surface area contributed by atoms with Gasteiger partial charge in [-0.3, -0.25) is 10.1 Å². The lowest BCUT2D eigenvalue weighted by Crippen LogP contribution is -2.53. The first-order chi connectivity index (χ1) is 7.72. The van der Waals surface area contributed by atoms with Crippen LogP contribution in [0.5, 0.6) is 0 Å². The maximum absolute atomic E-state index is 13.2. The quantitative estimate of drug-likeness (QED) is 0.700. The van der Waals surface area contributed by atoms with Crippen LogP contribution in [0.1, 0.15) is 39.5 Å². The third-order valence-corrected chi connectivity index (χ3v) is 2.78. The zero-order valence-corrected chi connectivity index (χ0v) is 10.3. The maximum atomic E-state index is 13.2. The van der Waals surface area contributed by atoms with E-state index in [4.69, 9.17) is 10.5 Å². The second-order valence-electron chi connectivity index (χ2n) is 5.01. The number of hydrogen-bond donors (Lipinski definition) is 2. The van der Waals surface area contributed by atoms with Crippen LogP contribution in [0.3, 0.4) is 0 Å². The fourth-order valence-corrected chi connectivity index (χ4v) is 1.68. The Kier molecular flexibility index (Phi) is 4.43. The molecule has 6 heteroatoms. The van der Waals surface area contributed by atoms with Crippen LogP contribution >= 0.6 is 0 Å². The Balaban J connectivity index is 2.33. The van der Waals surface area contributed by atoms with Gasteiger partial charge in [-0.05, 0) is 33.1 Å². The molecule has 1 saturated carbocycles. The summed E-state index contributed by atoms with van der Waals surface area (Å²) in [5.74, 6) is -0.718. The summed E-state index contributed by atoms with van der Waals surface area (Å²) >= 11 is 0. The number of carbonyl (C=O) groups excluding carboxylic acids is 1. The first-order valence-electron chi connectivity index (χ1n) is 5.82. The van der Waals surface area contributed by atoms with Gasteiger partial charge in [0.15, 0.2) is 0 Å². The van der Waals surface area contributed by atoms with Crippen molar-refractivity contribution in [2.45, 2.75) is 57.2 Å². The minimum Gasteiger partial charge on any atom is -0.370 e. The highest BCUT2D eigenvalue weighted by molar-refractivity contribution is 5.77. The van der Waals surface area contributed by atoms with Crippen molar-refractivity contribution in [3.05, 3.63) is 0 Å². The van der Waals surface area contributed by atoms with Gasteiger partial charge in [0.1, 0.15) is 6.61 Å². The van der Waals surface area contributed by atoms with Crippen molar-refractivity contribution in [1.29, 1.82) is 0 Å². The van der Waals surface area contributed by atoms with Crippen molar-refractivity contribution in [2.75, 3.05) is 6.61 Å². The average molecular weight is 250 g/mol. The molecule has 1 rings (SSSR count). The molecule has 1 aliphatic carbocycles. The molecule has 0 aromatic carbocycles. The van der Waals surface area contributed by atoms with E-state index < -0.39 is 24.1 Å². The lowest BCUT2D eigenvalue weighted by Gasteiger charge is -2.37. The van der Waals surface area contributed by atoms with Gasteiger partial charge in [0, 0.05) is 12.0 Å². The summed E-state index contributed by atoms with van der Waals surface area (Å²) in [5, 5.41) is 1.66. The number of carbonyl (C=O) groups is 1. The molecule has 0 heterocycles. The number of amides is 1. The first-order valence-corrected chi connectivity index (χ1v) is 5.82. The third-order valence-electron chi connectivity index (χ3n) is 2.78. The first kappa shape index (κ1) is 14.3. The summed E-state index contributed by atoms with van der Waals surface area (Å²) in [7, 11) is 0. The maximum Gasteiger partial charge on any atom is 0.348 e. The number of ether oxygens (including phenoxy) is 1. The Morgan fingerprint density at radius 2 is 2.12 bits per heavy atom. The van der Waals surface area contributed by atoms with E-state index in [1.807, 2.05) is 0 Å². The summed E-state index contributed by atoms with van der Waals surface area (Å²) in [6.07, 6.45) is 2.04. The van der Waals surface area contributed by atoms with Gasteiger partial charge in [-0.2, -0.15) is 8.78 Å². The summed E-state index contributed by atoms with van der Waals surface area (Å²) in [4.78, 5) is 11.4. The molecule has 0 atom stereocenters. The van der Waals surface area contributed by atoms with Crippen molar-refractivity contribution in [3.8, 4) is 0 Å². The van der Waals surface area contributed by atoms with E-state index in [0.29, 0.717) is 12.8 Å². The molecule has 0 saturated heterocycles. The number of nitrogens with two attached hydrogens (primary N) is 1. The fourth-order valence-electron chi connectivity index (χ4n) is 1.68. The molecular weight excluding hydrogens is 230 g/mol. The lowest BCUT2D eigenvalue weighted by molar-refractivity contribution is -0.147. The number of hydrogen-bond acceptors (Lipinski definition) is 3. The van der Waals surface area contributed by atoms with Gasteiger partial charge in [0.05, 0.1) is 6.10 Å². The third kappa shape index (κ3) is 4.95. The number of alkyl halides is 2. The van der Waals surface area contributed by atoms with Gasteiger partial charge < -0.3 is 10.5 Å². The molecule has 3 N–H and O–H groups in total. The number of halogens is 2. The minimum atomic E-state index is -3.33. The summed E-state index contributed by atoms with van der Waals surface area (Å²) in [6.45, 7) is 2.50. The molecule has 1 fully saturated rings. The second kappa shape index (κ2) is 5.27. The van der Waals surface area contributed by atoms with Gasteiger partial charge in [-0.25, -0.2) is 0 Å². The molecule has 4 nitrogen and oxygen atoms in total. The second-order valence-corrected chi connectivity index (χ2v) is 5.01. The van der Waals surface area contributed by atoms with Crippen LogP contribution < -0.4 is 11.1 Å². The van der Waals surface area contributed by atoms with Gasteiger partial charge in [-0.1, -0.05) is 0 Å². The molecule has 0 spiro atoms. The average Bonchev–Trinajstić information content (AvgIpc) is 2.11. The van der Waals surface area contributed by atoms with Crippen LogP contribution in [0.4, 0.5) is 8.78 Å². The Labute approximate surface area is 99.9 Å². The molecule has 0 aliphatic heterocycles. The van der Waals surface area contributed by atoms with E-state index in [-0.39, 0.29) is 12.5 Å². The monoisotopic (exact) mass is 250 g/mol. The number of rotatable bonds is 6. The molecule has 0 aromatic rings. The minimum absolute atomic E-state index is 0.0513. The molecule has 0 radical (unpaired) electrons. The predicted molar refractivity (Wildman–Crippen MR) is 59.6 cm³/mol. The zero-order chi connectivity index (χ0) is 13.1. The standard InChI is InChI=1S/C11H20F2N2O2/c1-8(2)17-7-11(12,13)15-9(16)6-10(14)4-3-5-10/h8H,3-7,14H2,1-2H3,(H,15,16). The van der Waals surface area contributed by atoms with E-state index in [9.17, 15) is 13.6 Å². The summed E-state index contributed by atoms with van der Waals surface area (Å²) < 4.78 is 31.2. The predicted octanol–water partition coefficient (Wildman–Crippen LogP) is 1.39. The van der Waals surface area contributed by atoms with E-state index in [1.165, 1.54) is 0 Å². The molecule has 0 aromatic heterocycles. The molecule has 1 amide bonds. The van der Waals surface area contributed by atoms with Crippen molar-refractivity contribution in [2.24, 2.45) is 5.73 Å². The Morgan fingerprint density at radius 1 is 1.53 bits per heavy atom. The fraction of sp³-hybridized carbons (Fsp3) is 0.909. The van der Waals surface area contributed by atoms with Crippen LogP contribution in [-0.2, 0) is 9.53 Å². The van der Waals surface area contributed by atoms with Gasteiger partial charge >= 0.3 is 6.05 Å². The highest BCUT2D eigenvalue weighted by Crippen LogP contribution is 2.32. The molecule has 17 heavy (non-hydrogen) atoms. The van der Waals surface area contributed by atoms with Crippen molar-refractivity contribution < 1.29 is 18.3 Å². The molecule has 100 valence electrons. The molecular formula is C11H20F2N2O2. The van der Waals surface area contributed by atoms with E-state index in [1.54, 1.807) is 19.2 Å². The van der Waals surface area contributed by atoms with E-state index in [2.05, 4.69) is 0 Å². The van der Waals surface area contributed by atoms with Crippen molar-refractivity contribution >= 4 is 5.91 Å². The van der Waals surface area contributed by atoms with Crippen LogP contribution in [0.15, 0.2) is 0 Å². The lowest BCUT2D eigenvalue weighted by atomic mass is 9.75. The van der Waals surface area contributed by atoms with Crippen LogP contribution in [-0.4, -0.2) is 30.2 Å². The SMILES string of the molecule is CC(C)OCC(F)(F)NC(=O)CC1(N)CCC1.